The van der Waals surface area contributed by atoms with Crippen LogP contribution in [0.3, 0.4) is 0 Å². The van der Waals surface area contributed by atoms with Crippen LogP contribution in [-0.4, -0.2) is 23.9 Å². The molecule has 1 aromatic carbocycles. The van der Waals surface area contributed by atoms with E-state index in [-0.39, 0.29) is 11.7 Å². The summed E-state index contributed by atoms with van der Waals surface area (Å²) >= 11 is 5.98. The predicted octanol–water partition coefficient (Wildman–Crippen LogP) is 3.48. The zero-order chi connectivity index (χ0) is 13.5. The molecule has 104 valence electrons. The molecule has 3 rings (SSSR count). The molecule has 1 spiro atoms. The standard InChI is InChI=1S/C15H19ClO3/c1-18-11-3-2-6-15(8-11)9-13(17)12-7-10(16)4-5-14(12)19-15/h4-5,7,11,13,17H,2-3,6,8-9H2,1H3/t11?,13-,15?/m0/s1. The van der Waals surface area contributed by atoms with E-state index in [0.717, 1.165) is 37.0 Å². The average molecular weight is 283 g/mol. The molecule has 1 heterocycles. The van der Waals surface area contributed by atoms with Gasteiger partial charge in [0.05, 0.1) is 12.2 Å². The fraction of sp³-hybridized carbons (Fsp3) is 0.600. The Labute approximate surface area is 118 Å². The lowest BCUT2D eigenvalue weighted by molar-refractivity contribution is -0.0796. The highest BCUT2D eigenvalue weighted by atomic mass is 35.5. The van der Waals surface area contributed by atoms with Gasteiger partial charge in [-0.1, -0.05) is 11.6 Å². The number of methoxy groups -OCH3 is 1. The van der Waals surface area contributed by atoms with E-state index < -0.39 is 6.10 Å². The van der Waals surface area contributed by atoms with E-state index in [0.29, 0.717) is 11.4 Å². The highest BCUT2D eigenvalue weighted by molar-refractivity contribution is 6.30. The molecule has 19 heavy (non-hydrogen) atoms. The van der Waals surface area contributed by atoms with Crippen LogP contribution in [0.1, 0.15) is 43.8 Å². The van der Waals surface area contributed by atoms with E-state index in [9.17, 15) is 5.11 Å². The van der Waals surface area contributed by atoms with Crippen LogP contribution in [0.25, 0.3) is 0 Å². The molecule has 0 saturated heterocycles. The van der Waals surface area contributed by atoms with Gasteiger partial charge in [0.2, 0.25) is 0 Å². The minimum Gasteiger partial charge on any atom is -0.487 e. The van der Waals surface area contributed by atoms with Crippen molar-refractivity contribution < 1.29 is 14.6 Å². The Balaban J connectivity index is 1.89. The number of fused-ring (bicyclic) bond motifs is 1. The smallest absolute Gasteiger partial charge is 0.126 e. The molecule has 2 unspecified atom stereocenters. The van der Waals surface area contributed by atoms with E-state index in [1.807, 2.05) is 12.1 Å². The molecular weight excluding hydrogens is 264 g/mol. The summed E-state index contributed by atoms with van der Waals surface area (Å²) in [5.74, 6) is 0.764. The molecule has 1 saturated carbocycles. The summed E-state index contributed by atoms with van der Waals surface area (Å²) in [6.45, 7) is 0. The second-order valence-electron chi connectivity index (χ2n) is 5.64. The highest BCUT2D eigenvalue weighted by Gasteiger charge is 2.44. The van der Waals surface area contributed by atoms with Crippen LogP contribution in [0.5, 0.6) is 5.75 Å². The van der Waals surface area contributed by atoms with Gasteiger partial charge in [0.25, 0.3) is 0 Å². The Hall–Kier alpha value is -0.770. The lowest BCUT2D eigenvalue weighted by Gasteiger charge is -2.45. The molecule has 0 aromatic heterocycles. The Bertz CT molecular complexity index is 476. The molecular formula is C15H19ClO3. The monoisotopic (exact) mass is 282 g/mol. The lowest BCUT2D eigenvalue weighted by Crippen LogP contribution is -2.46. The van der Waals surface area contributed by atoms with Crippen molar-refractivity contribution in [2.45, 2.75) is 49.9 Å². The molecule has 3 nitrogen and oxygen atoms in total. The topological polar surface area (TPSA) is 38.7 Å². The van der Waals surface area contributed by atoms with Crippen LogP contribution in [0.4, 0.5) is 0 Å². The third-order valence-electron chi connectivity index (χ3n) is 4.31. The molecule has 1 aliphatic heterocycles. The minimum absolute atomic E-state index is 0.231. The van der Waals surface area contributed by atoms with E-state index >= 15 is 0 Å². The first kappa shape index (κ1) is 13.2. The summed E-state index contributed by atoms with van der Waals surface area (Å²) in [5, 5.41) is 11.0. The highest BCUT2D eigenvalue weighted by Crippen LogP contribution is 2.47. The van der Waals surface area contributed by atoms with Gasteiger partial charge in [-0.05, 0) is 37.5 Å². The number of aliphatic hydroxyl groups is 1. The van der Waals surface area contributed by atoms with Crippen LogP contribution in [-0.2, 0) is 4.74 Å². The van der Waals surface area contributed by atoms with Gasteiger partial charge in [0.1, 0.15) is 11.4 Å². The third-order valence-corrected chi connectivity index (χ3v) is 4.55. The summed E-state index contributed by atoms with van der Waals surface area (Å²) in [7, 11) is 1.75. The maximum absolute atomic E-state index is 10.4. The molecule has 1 aromatic rings. The fourth-order valence-electron chi connectivity index (χ4n) is 3.36. The Kier molecular flexibility index (Phi) is 3.46. The number of aliphatic hydroxyl groups excluding tert-OH is 1. The van der Waals surface area contributed by atoms with Gasteiger partial charge in [-0.3, -0.25) is 0 Å². The van der Waals surface area contributed by atoms with Crippen molar-refractivity contribution in [2.24, 2.45) is 0 Å². The molecule has 4 heteroatoms. The molecule has 1 N–H and O–H groups in total. The van der Waals surface area contributed by atoms with Gasteiger partial charge < -0.3 is 14.6 Å². The molecule has 1 fully saturated rings. The summed E-state index contributed by atoms with van der Waals surface area (Å²) in [6, 6.07) is 5.46. The van der Waals surface area contributed by atoms with E-state index in [1.54, 1.807) is 13.2 Å². The first-order valence-electron chi connectivity index (χ1n) is 6.81. The maximum atomic E-state index is 10.4. The van der Waals surface area contributed by atoms with Gasteiger partial charge in [-0.25, -0.2) is 0 Å². The van der Waals surface area contributed by atoms with Gasteiger partial charge in [-0.2, -0.15) is 0 Å². The second kappa shape index (κ2) is 4.97. The summed E-state index contributed by atoms with van der Waals surface area (Å²) in [4.78, 5) is 0. The van der Waals surface area contributed by atoms with Gasteiger partial charge in [0, 0.05) is 30.5 Å². The Morgan fingerprint density at radius 2 is 2.26 bits per heavy atom. The van der Waals surface area contributed by atoms with Crippen molar-refractivity contribution in [1.82, 2.24) is 0 Å². The minimum atomic E-state index is -0.502. The third kappa shape index (κ3) is 2.47. The quantitative estimate of drug-likeness (QED) is 0.857. The summed E-state index contributed by atoms with van der Waals surface area (Å²) in [6.07, 6.45) is 4.33. The van der Waals surface area contributed by atoms with Crippen molar-refractivity contribution in [2.75, 3.05) is 7.11 Å². The SMILES string of the molecule is COC1CCCC2(C1)C[C@H](O)c1cc(Cl)ccc1O2. The van der Waals surface area contributed by atoms with Gasteiger partial charge in [0.15, 0.2) is 0 Å². The molecule has 3 atom stereocenters. The number of hydrogen-bond donors (Lipinski definition) is 1. The van der Waals surface area contributed by atoms with E-state index in [4.69, 9.17) is 21.1 Å². The Morgan fingerprint density at radius 1 is 1.42 bits per heavy atom. The first-order valence-corrected chi connectivity index (χ1v) is 7.19. The lowest BCUT2D eigenvalue weighted by atomic mass is 9.76. The van der Waals surface area contributed by atoms with Crippen LogP contribution >= 0.6 is 11.6 Å². The van der Waals surface area contributed by atoms with Crippen LogP contribution < -0.4 is 4.74 Å². The predicted molar refractivity (Wildman–Crippen MR) is 73.7 cm³/mol. The number of ether oxygens (including phenoxy) is 2. The van der Waals surface area contributed by atoms with E-state index in [2.05, 4.69) is 0 Å². The zero-order valence-electron chi connectivity index (χ0n) is 11.1. The molecule has 0 amide bonds. The van der Waals surface area contributed by atoms with E-state index in [1.165, 1.54) is 0 Å². The largest absolute Gasteiger partial charge is 0.487 e. The molecule has 2 aliphatic rings. The van der Waals surface area contributed by atoms with Crippen molar-refractivity contribution in [3.8, 4) is 5.75 Å². The number of halogens is 1. The van der Waals surface area contributed by atoms with Crippen molar-refractivity contribution in [1.29, 1.82) is 0 Å². The van der Waals surface area contributed by atoms with Crippen molar-refractivity contribution in [3.63, 3.8) is 0 Å². The Morgan fingerprint density at radius 3 is 3.05 bits per heavy atom. The normalized spacial score (nSPS) is 33.8. The second-order valence-corrected chi connectivity index (χ2v) is 6.08. The first-order chi connectivity index (χ1) is 9.12. The number of benzene rings is 1. The van der Waals surface area contributed by atoms with Crippen LogP contribution in [0.2, 0.25) is 5.02 Å². The summed E-state index contributed by atoms with van der Waals surface area (Å²) < 4.78 is 11.7. The molecule has 1 aliphatic carbocycles. The number of hydrogen-bond acceptors (Lipinski definition) is 3. The van der Waals surface area contributed by atoms with Crippen LogP contribution in [0.15, 0.2) is 18.2 Å². The zero-order valence-corrected chi connectivity index (χ0v) is 11.8. The maximum Gasteiger partial charge on any atom is 0.126 e. The van der Waals surface area contributed by atoms with Gasteiger partial charge >= 0.3 is 0 Å². The fourth-order valence-corrected chi connectivity index (χ4v) is 3.54. The van der Waals surface area contributed by atoms with Crippen molar-refractivity contribution >= 4 is 11.6 Å². The molecule has 0 radical (unpaired) electrons. The van der Waals surface area contributed by atoms with Crippen LogP contribution in [0, 0.1) is 0 Å². The van der Waals surface area contributed by atoms with Crippen molar-refractivity contribution in [3.05, 3.63) is 28.8 Å². The number of rotatable bonds is 1. The average Bonchev–Trinajstić information content (AvgIpc) is 2.40. The van der Waals surface area contributed by atoms with Gasteiger partial charge in [-0.15, -0.1) is 0 Å². The molecule has 0 bridgehead atoms. The summed E-state index contributed by atoms with van der Waals surface area (Å²) in [5.41, 5.74) is 0.525.